The zero-order valence-corrected chi connectivity index (χ0v) is 33.4. The van der Waals surface area contributed by atoms with Gasteiger partial charge < -0.3 is 24.6 Å². The molecule has 0 amide bonds. The summed E-state index contributed by atoms with van der Waals surface area (Å²) in [6.07, 6.45) is 0. The van der Waals surface area contributed by atoms with E-state index in [4.69, 9.17) is 14.5 Å². The Morgan fingerprint density at radius 1 is 0.816 bits per heavy atom. The van der Waals surface area contributed by atoms with Gasteiger partial charge in [-0.25, -0.2) is 14.4 Å². The van der Waals surface area contributed by atoms with Crippen LogP contribution in [0.3, 0.4) is 0 Å². The van der Waals surface area contributed by atoms with Gasteiger partial charge in [0.2, 0.25) is 5.36 Å². The maximum absolute atomic E-state index is 12.8. The number of benzene rings is 5. The normalized spacial score (nSPS) is 13.6. The molecule has 49 heavy (non-hydrogen) atoms. The van der Waals surface area contributed by atoms with Crippen LogP contribution < -0.4 is 29.8 Å². The molecule has 4 aromatic carbocycles. The first-order valence-electron chi connectivity index (χ1n) is 14.7. The molecule has 1 spiro atoms. The lowest BCUT2D eigenvalue weighted by Crippen LogP contribution is -2.33. The molecule has 0 bridgehead atoms. The summed E-state index contributed by atoms with van der Waals surface area (Å²) in [7, 11) is 8.24. The van der Waals surface area contributed by atoms with Gasteiger partial charge in [0.15, 0.2) is 5.60 Å². The van der Waals surface area contributed by atoms with E-state index in [9.17, 15) is 15.0 Å². The summed E-state index contributed by atoms with van der Waals surface area (Å²) >= 11 is 15.0. The highest BCUT2D eigenvalue weighted by atomic mass is 79.9. The van der Waals surface area contributed by atoms with Crippen molar-refractivity contribution in [3.05, 3.63) is 118 Å². The third-order valence-corrected chi connectivity index (χ3v) is 12.1. The SMILES string of the molecule is CN(C)c1ccc2nc3ccc(=[N+](C)C)cc-3sc2c1.O=C1OC2(c3ccccc31)c1cc(Br)c([O-])c(Br)c1Oc1c2cc(Br)c([O-])c1Br. The first-order valence-corrected chi connectivity index (χ1v) is 18.7. The Balaban J connectivity index is 0.000000166. The van der Waals surface area contributed by atoms with Crippen molar-refractivity contribution in [1.82, 2.24) is 9.56 Å². The van der Waals surface area contributed by atoms with Crippen LogP contribution >= 0.6 is 75.1 Å². The molecule has 0 saturated carbocycles. The van der Waals surface area contributed by atoms with E-state index in [0.717, 1.165) is 11.2 Å². The van der Waals surface area contributed by atoms with Crippen LogP contribution in [0.5, 0.6) is 23.0 Å². The molecule has 13 heteroatoms. The van der Waals surface area contributed by atoms with Gasteiger partial charge in [0.25, 0.3) is 0 Å². The van der Waals surface area contributed by atoms with Gasteiger partial charge in [-0.15, -0.1) is 11.3 Å². The largest absolute Gasteiger partial charge is 0.871 e. The average molecular weight is 930 g/mol. The average Bonchev–Trinajstić information content (AvgIpc) is 3.38. The molecule has 0 radical (unpaired) electrons. The van der Waals surface area contributed by atoms with E-state index in [1.54, 1.807) is 47.7 Å². The molecule has 3 heterocycles. The summed E-state index contributed by atoms with van der Waals surface area (Å²) in [6.45, 7) is 0. The van der Waals surface area contributed by atoms with E-state index in [0.29, 0.717) is 22.3 Å². The zero-order chi connectivity index (χ0) is 34.9. The van der Waals surface area contributed by atoms with Gasteiger partial charge >= 0.3 is 5.97 Å². The van der Waals surface area contributed by atoms with Gasteiger partial charge in [-0.1, -0.05) is 61.6 Å². The number of halogens is 4. The lowest BCUT2D eigenvalue weighted by molar-refractivity contribution is -0.271. The number of hydrogen-bond donors (Lipinski definition) is 0. The molecule has 4 aromatic rings. The number of aromatic nitrogens is 1. The van der Waals surface area contributed by atoms with Crippen molar-refractivity contribution >= 4 is 96.9 Å². The van der Waals surface area contributed by atoms with Crippen LogP contribution in [0.25, 0.3) is 20.8 Å². The first-order chi connectivity index (χ1) is 23.3. The van der Waals surface area contributed by atoms with Gasteiger partial charge in [-0.2, -0.15) is 0 Å². The maximum atomic E-state index is 12.8. The fourth-order valence-electron chi connectivity index (χ4n) is 5.91. The first kappa shape index (κ1) is 34.0. The van der Waals surface area contributed by atoms with Gasteiger partial charge in [0, 0.05) is 57.6 Å². The molecule has 0 fully saturated rings. The van der Waals surface area contributed by atoms with E-state index in [1.807, 2.05) is 0 Å². The summed E-state index contributed by atoms with van der Waals surface area (Å²) in [4.78, 5) is 20.9. The zero-order valence-electron chi connectivity index (χ0n) is 26.2. The molecule has 0 unspecified atom stereocenters. The molecule has 0 saturated heterocycles. The lowest BCUT2D eigenvalue weighted by Gasteiger charge is -2.39. The number of carbonyl (C=O) groups is 1. The molecule has 4 aliphatic rings. The van der Waals surface area contributed by atoms with Gasteiger partial charge in [0.1, 0.15) is 25.6 Å². The molecule has 0 atom stereocenters. The van der Waals surface area contributed by atoms with Gasteiger partial charge in [-0.3, -0.25) is 0 Å². The van der Waals surface area contributed by atoms with E-state index in [-0.39, 0.29) is 40.9 Å². The van der Waals surface area contributed by atoms with Crippen molar-refractivity contribution < 1.29 is 24.5 Å². The van der Waals surface area contributed by atoms with Crippen molar-refractivity contribution in [2.45, 2.75) is 5.60 Å². The van der Waals surface area contributed by atoms with Gasteiger partial charge in [-0.05, 0) is 74.3 Å². The Morgan fingerprint density at radius 3 is 2.06 bits per heavy atom. The number of esters is 1. The Morgan fingerprint density at radius 2 is 1.45 bits per heavy atom. The third kappa shape index (κ3) is 5.54. The molecule has 8 rings (SSSR count). The van der Waals surface area contributed by atoms with Gasteiger partial charge in [0.05, 0.1) is 35.3 Å². The predicted molar refractivity (Wildman–Crippen MR) is 202 cm³/mol. The number of rotatable bonds is 1. The fourth-order valence-corrected chi connectivity index (χ4v) is 9.35. The minimum absolute atomic E-state index is 0.162. The Bertz CT molecular complexity index is 2340. The minimum atomic E-state index is -1.38. The number of anilines is 1. The van der Waals surface area contributed by atoms with Crippen molar-refractivity contribution in [2.24, 2.45) is 0 Å². The van der Waals surface area contributed by atoms with E-state index < -0.39 is 11.6 Å². The quantitative estimate of drug-likeness (QED) is 0.0938. The minimum Gasteiger partial charge on any atom is -0.871 e. The number of carbonyl (C=O) groups excluding carboxylic acids is 1. The molecular formula is C36H24Br4N3O5S-. The van der Waals surface area contributed by atoms with Crippen molar-refractivity contribution in [2.75, 3.05) is 33.1 Å². The summed E-state index contributed by atoms with van der Waals surface area (Å²) in [5.74, 6) is -0.766. The fraction of sp³-hybridized carbons (Fsp3) is 0.139. The monoisotopic (exact) mass is 926 g/mol. The maximum Gasteiger partial charge on any atom is 0.340 e. The second kappa shape index (κ2) is 12.7. The van der Waals surface area contributed by atoms with Crippen LogP contribution in [-0.2, 0) is 10.3 Å². The third-order valence-electron chi connectivity index (χ3n) is 8.38. The highest BCUT2D eigenvalue weighted by Crippen LogP contribution is 2.62. The predicted octanol–water partition coefficient (Wildman–Crippen LogP) is 7.95. The molecule has 0 N–H and O–H groups in total. The van der Waals surface area contributed by atoms with E-state index in [2.05, 4.69) is 138 Å². The van der Waals surface area contributed by atoms with Crippen LogP contribution in [0.2, 0.25) is 0 Å². The van der Waals surface area contributed by atoms with Crippen LogP contribution in [0, 0.1) is 0 Å². The van der Waals surface area contributed by atoms with E-state index >= 15 is 0 Å². The van der Waals surface area contributed by atoms with Crippen LogP contribution in [-0.4, -0.2) is 39.1 Å². The van der Waals surface area contributed by atoms with Crippen molar-refractivity contribution in [3.63, 3.8) is 0 Å². The smallest absolute Gasteiger partial charge is 0.340 e. The highest BCUT2D eigenvalue weighted by molar-refractivity contribution is 9.11. The molecule has 0 aromatic heterocycles. The van der Waals surface area contributed by atoms with Crippen LogP contribution in [0.4, 0.5) is 5.69 Å². The summed E-state index contributed by atoms with van der Waals surface area (Å²) < 4.78 is 16.3. The van der Waals surface area contributed by atoms with E-state index in [1.165, 1.54) is 20.6 Å². The number of ether oxygens (including phenoxy) is 2. The molecular weight excluding hydrogens is 906 g/mol. The number of fused-ring (bicyclic) bond motifs is 8. The van der Waals surface area contributed by atoms with Crippen LogP contribution in [0.1, 0.15) is 27.0 Å². The highest BCUT2D eigenvalue weighted by Gasteiger charge is 2.54. The molecule has 3 aliphatic heterocycles. The Hall–Kier alpha value is -3.49. The Kier molecular flexibility index (Phi) is 8.80. The second-order valence-electron chi connectivity index (χ2n) is 11.8. The summed E-state index contributed by atoms with van der Waals surface area (Å²) in [6, 6.07) is 23.0. The molecule has 8 nitrogen and oxygen atoms in total. The number of hydrogen-bond acceptors (Lipinski definition) is 8. The molecule has 1 aliphatic carbocycles. The summed E-state index contributed by atoms with van der Waals surface area (Å²) in [5, 5.41) is 26.2. The summed E-state index contributed by atoms with van der Waals surface area (Å²) in [5.41, 5.74) is 3.90. The van der Waals surface area contributed by atoms with Crippen molar-refractivity contribution in [1.29, 1.82) is 0 Å². The second-order valence-corrected chi connectivity index (χ2v) is 16.2. The molecule has 248 valence electrons. The standard InChI is InChI=1S/C20H8Br4O5.C16H18N3S/c21-11-5-9-17(13(23)15(11)25)28-18-10(6-12(22)16(26)14(18)24)20(9)8-4-2-1-3-7(8)19(27)29-20;1-18(2)11-5-7-13-15(9-11)20-16-10-12(19(3)4)6-8-14(16)17-13/h1-6,25-26H;5-10H,1-4H3/q;+1/p-2. The van der Waals surface area contributed by atoms with Crippen LogP contribution in [0.15, 0.2) is 90.7 Å². The number of nitrogens with zero attached hydrogens (tertiary/aromatic N) is 3. The topological polar surface area (TPSA) is 101 Å². The Labute approximate surface area is 319 Å². The van der Waals surface area contributed by atoms with Crippen molar-refractivity contribution in [3.8, 4) is 33.6 Å². The lowest BCUT2D eigenvalue weighted by atomic mass is 9.77.